The summed E-state index contributed by atoms with van der Waals surface area (Å²) in [5.41, 5.74) is 0. The van der Waals surface area contributed by atoms with E-state index in [9.17, 15) is 39.3 Å². The third kappa shape index (κ3) is 10.2. The van der Waals surface area contributed by atoms with Crippen LogP contribution in [0.15, 0.2) is 0 Å². The second-order valence-electron chi connectivity index (χ2n) is 7.47. The minimum atomic E-state index is -1.23. The second-order valence-corrected chi connectivity index (χ2v) is 7.47. The van der Waals surface area contributed by atoms with Gasteiger partial charge in [0.1, 0.15) is 0 Å². The first kappa shape index (κ1) is 26.3. The lowest BCUT2D eigenvalue weighted by Gasteiger charge is -2.44. The molecule has 13 heteroatoms. The second kappa shape index (κ2) is 12.8. The first-order valence-electron chi connectivity index (χ1n) is 9.79. The van der Waals surface area contributed by atoms with Crippen LogP contribution in [0.5, 0.6) is 0 Å². The zero-order valence-corrected chi connectivity index (χ0v) is 17.1. The number of carboxylic acid groups (broad SMARTS) is 5. The minimum absolute atomic E-state index is 0.0298. The summed E-state index contributed by atoms with van der Waals surface area (Å²) >= 11 is 0. The molecule has 1 aliphatic carbocycles. The van der Waals surface area contributed by atoms with E-state index in [0.29, 0.717) is 12.8 Å². The number of carbonyl (C=O) groups is 5. The highest BCUT2D eigenvalue weighted by Gasteiger charge is 2.36. The first-order chi connectivity index (χ1) is 14.5. The van der Waals surface area contributed by atoms with Crippen molar-refractivity contribution in [2.75, 3.05) is 45.8 Å². The summed E-state index contributed by atoms with van der Waals surface area (Å²) in [5.74, 6) is -6.02. The average molecular weight is 447 g/mol. The molecule has 13 nitrogen and oxygen atoms in total. The number of hydrogen-bond donors (Lipinski definition) is 5. The van der Waals surface area contributed by atoms with Gasteiger partial charge in [-0.05, 0) is 12.8 Å². The molecule has 2 atom stereocenters. The molecule has 1 rings (SSSR count). The van der Waals surface area contributed by atoms with Gasteiger partial charge in [0.2, 0.25) is 0 Å². The van der Waals surface area contributed by atoms with Crippen molar-refractivity contribution in [2.24, 2.45) is 0 Å². The lowest BCUT2D eigenvalue weighted by Crippen LogP contribution is -2.57. The van der Waals surface area contributed by atoms with Crippen molar-refractivity contribution in [3.05, 3.63) is 0 Å². The molecule has 0 aromatic rings. The molecular formula is C18H29N3O10. The molecule has 0 amide bonds. The van der Waals surface area contributed by atoms with Crippen molar-refractivity contribution in [1.82, 2.24) is 14.7 Å². The molecule has 0 unspecified atom stereocenters. The molecule has 0 aromatic heterocycles. The van der Waals surface area contributed by atoms with E-state index in [2.05, 4.69) is 0 Å². The predicted octanol–water partition coefficient (Wildman–Crippen LogP) is -1.37. The minimum Gasteiger partial charge on any atom is -0.480 e. The summed E-state index contributed by atoms with van der Waals surface area (Å²) in [6.07, 6.45) is 2.45. The standard InChI is InChI=1S/C18H29N3O10/c22-14(23)7-19(8-15(24)25)5-6-20(9-16(26)27)12-3-1-2-4-13(12)21(10-17(28)29)11-18(30)31/h12-13H,1-11H2,(H,22,23)(H,24,25)(H,26,27)(H,28,29)(H,30,31)/t12-,13+/m0/s1. The Kier molecular flexibility index (Phi) is 10.9. The third-order valence-electron chi connectivity index (χ3n) is 5.07. The van der Waals surface area contributed by atoms with E-state index in [4.69, 9.17) is 10.2 Å². The van der Waals surface area contributed by atoms with Crippen LogP contribution in [0.3, 0.4) is 0 Å². The van der Waals surface area contributed by atoms with E-state index >= 15 is 0 Å². The average Bonchev–Trinajstić information content (AvgIpc) is 2.62. The SMILES string of the molecule is O=C(O)CN(CCN(CC(=O)O)[C@H]1CCCC[C@H]1N(CC(=O)O)CC(=O)O)CC(=O)O. The third-order valence-corrected chi connectivity index (χ3v) is 5.07. The number of carboxylic acids is 5. The highest BCUT2D eigenvalue weighted by molar-refractivity contribution is 5.73. The number of aliphatic carboxylic acids is 5. The number of rotatable bonds is 15. The lowest BCUT2D eigenvalue weighted by molar-refractivity contribution is -0.146. The van der Waals surface area contributed by atoms with E-state index in [1.165, 1.54) is 4.90 Å². The van der Waals surface area contributed by atoms with Gasteiger partial charge in [-0.1, -0.05) is 12.8 Å². The van der Waals surface area contributed by atoms with Crippen LogP contribution >= 0.6 is 0 Å². The molecule has 1 fully saturated rings. The topological polar surface area (TPSA) is 196 Å². The van der Waals surface area contributed by atoms with Crippen LogP contribution in [0.1, 0.15) is 25.7 Å². The maximum Gasteiger partial charge on any atom is 0.317 e. The van der Waals surface area contributed by atoms with Gasteiger partial charge >= 0.3 is 29.8 Å². The molecule has 0 spiro atoms. The summed E-state index contributed by atoms with van der Waals surface area (Å²) in [5, 5.41) is 45.7. The smallest absolute Gasteiger partial charge is 0.317 e. The van der Waals surface area contributed by atoms with E-state index in [1.54, 1.807) is 4.90 Å². The molecule has 0 saturated heterocycles. The monoisotopic (exact) mass is 447 g/mol. The molecule has 0 aliphatic heterocycles. The summed E-state index contributed by atoms with van der Waals surface area (Å²) in [6.45, 7) is -2.54. The van der Waals surface area contributed by atoms with Gasteiger partial charge in [0.15, 0.2) is 0 Å². The quantitative estimate of drug-likeness (QED) is 0.197. The summed E-state index contributed by atoms with van der Waals surface area (Å²) in [7, 11) is 0. The fourth-order valence-electron chi connectivity index (χ4n) is 3.98. The molecule has 1 saturated carbocycles. The number of nitrogens with zero attached hydrogens (tertiary/aromatic N) is 3. The van der Waals surface area contributed by atoms with Gasteiger partial charge in [0.05, 0.1) is 32.7 Å². The van der Waals surface area contributed by atoms with Crippen molar-refractivity contribution in [1.29, 1.82) is 0 Å². The Labute approximate surface area is 178 Å². The Morgan fingerprint density at radius 2 is 0.903 bits per heavy atom. The van der Waals surface area contributed by atoms with E-state index in [-0.39, 0.29) is 13.1 Å². The molecule has 0 radical (unpaired) electrons. The van der Waals surface area contributed by atoms with Gasteiger partial charge in [-0.2, -0.15) is 0 Å². The largest absolute Gasteiger partial charge is 0.480 e. The molecule has 0 heterocycles. The van der Waals surface area contributed by atoms with Gasteiger partial charge in [0, 0.05) is 25.2 Å². The molecule has 1 aliphatic rings. The van der Waals surface area contributed by atoms with Gasteiger partial charge in [-0.25, -0.2) is 0 Å². The lowest BCUT2D eigenvalue weighted by atomic mass is 9.87. The maximum absolute atomic E-state index is 11.4. The van der Waals surface area contributed by atoms with Gasteiger partial charge < -0.3 is 25.5 Å². The first-order valence-corrected chi connectivity index (χ1v) is 9.79. The van der Waals surface area contributed by atoms with Crippen molar-refractivity contribution < 1.29 is 49.5 Å². The van der Waals surface area contributed by atoms with Crippen LogP contribution in [0.25, 0.3) is 0 Å². The van der Waals surface area contributed by atoms with Gasteiger partial charge in [-0.15, -0.1) is 0 Å². The van der Waals surface area contributed by atoms with Crippen LogP contribution in [-0.2, 0) is 24.0 Å². The molecule has 0 bridgehead atoms. The predicted molar refractivity (Wildman–Crippen MR) is 104 cm³/mol. The zero-order chi connectivity index (χ0) is 23.6. The summed E-state index contributed by atoms with van der Waals surface area (Å²) < 4.78 is 0. The van der Waals surface area contributed by atoms with Crippen molar-refractivity contribution in [2.45, 2.75) is 37.8 Å². The highest BCUT2D eigenvalue weighted by atomic mass is 16.4. The summed E-state index contributed by atoms with van der Waals surface area (Å²) in [6, 6.07) is -0.993. The Bertz CT molecular complexity index is 639. The van der Waals surface area contributed by atoms with Gasteiger partial charge in [-0.3, -0.25) is 38.7 Å². The van der Waals surface area contributed by atoms with E-state index in [1.807, 2.05) is 0 Å². The van der Waals surface area contributed by atoms with E-state index in [0.717, 1.165) is 17.7 Å². The molecular weight excluding hydrogens is 418 g/mol. The van der Waals surface area contributed by atoms with Crippen molar-refractivity contribution in [3.63, 3.8) is 0 Å². The molecule has 176 valence electrons. The number of hydrogen-bond acceptors (Lipinski definition) is 8. The molecule has 0 aromatic carbocycles. The van der Waals surface area contributed by atoms with Crippen LogP contribution < -0.4 is 0 Å². The maximum atomic E-state index is 11.4. The Morgan fingerprint density at radius 3 is 1.29 bits per heavy atom. The van der Waals surface area contributed by atoms with Crippen molar-refractivity contribution in [3.8, 4) is 0 Å². The fraction of sp³-hybridized carbons (Fsp3) is 0.722. The zero-order valence-electron chi connectivity index (χ0n) is 17.1. The van der Waals surface area contributed by atoms with Crippen LogP contribution in [0.4, 0.5) is 0 Å². The normalized spacial score (nSPS) is 18.9. The van der Waals surface area contributed by atoms with Crippen molar-refractivity contribution >= 4 is 29.8 Å². The Morgan fingerprint density at radius 1 is 0.548 bits per heavy atom. The Balaban J connectivity index is 3.06. The van der Waals surface area contributed by atoms with Gasteiger partial charge in [0.25, 0.3) is 0 Å². The Hall–Kier alpha value is -2.77. The fourth-order valence-corrected chi connectivity index (χ4v) is 3.98. The van der Waals surface area contributed by atoms with E-state index < -0.39 is 74.7 Å². The van der Waals surface area contributed by atoms with Crippen LogP contribution in [0, 0.1) is 0 Å². The highest BCUT2D eigenvalue weighted by Crippen LogP contribution is 2.27. The van der Waals surface area contributed by atoms with Crippen LogP contribution in [-0.4, -0.2) is 128 Å². The van der Waals surface area contributed by atoms with Crippen LogP contribution in [0.2, 0.25) is 0 Å². The molecule has 5 N–H and O–H groups in total. The summed E-state index contributed by atoms with van der Waals surface area (Å²) in [4.78, 5) is 59.9. The molecule has 31 heavy (non-hydrogen) atoms.